The number of amidine groups is 1. The summed E-state index contributed by atoms with van der Waals surface area (Å²) in [4.78, 5) is 49.7. The molecule has 0 aromatic heterocycles. The van der Waals surface area contributed by atoms with Crippen LogP contribution in [0.3, 0.4) is 0 Å². The van der Waals surface area contributed by atoms with E-state index in [1.807, 2.05) is 0 Å². The second-order valence-electron chi connectivity index (χ2n) is 4.87. The number of likely N-dealkylation sites (N-methyl/N-ethyl adjacent to an activating group) is 2. The van der Waals surface area contributed by atoms with Gasteiger partial charge in [-0.2, -0.15) is 5.10 Å². The summed E-state index contributed by atoms with van der Waals surface area (Å²) in [6.45, 7) is 1.31. The highest BCUT2D eigenvalue weighted by Crippen LogP contribution is 2.27. The van der Waals surface area contributed by atoms with Crippen molar-refractivity contribution in [2.75, 3.05) is 21.1 Å². The van der Waals surface area contributed by atoms with Crippen LogP contribution in [0.1, 0.15) is 13.3 Å². The zero-order chi connectivity index (χ0) is 15.2. The number of Topliss-reactive ketones (excluding diaryl/α,β-unsaturated/α-hetero) is 1. The molecule has 5 amide bonds. The molecule has 1 N–H and O–H groups in total. The first-order chi connectivity index (χ1) is 9.20. The lowest BCUT2D eigenvalue weighted by molar-refractivity contribution is -0.135. The fraction of sp³-hybridized carbons (Fsp3) is 0.545. The number of carbonyl (C=O) groups excluding carboxylic acids is 4. The van der Waals surface area contributed by atoms with E-state index in [-0.39, 0.29) is 18.0 Å². The number of fused-ring (bicyclic) bond motifs is 1. The lowest BCUT2D eigenvalue weighted by Crippen LogP contribution is -2.76. The molecule has 20 heavy (non-hydrogen) atoms. The number of nitrogens with one attached hydrogen (secondary N) is 1. The lowest BCUT2D eigenvalue weighted by atomic mass is 9.87. The smallest absolute Gasteiger partial charge is 0.315 e. The monoisotopic (exact) mass is 281 g/mol. The minimum Gasteiger partial charge on any atom is -0.315 e. The number of urea groups is 2. The molecule has 0 aliphatic carbocycles. The van der Waals surface area contributed by atoms with Crippen LogP contribution in [0.25, 0.3) is 0 Å². The second kappa shape index (κ2) is 4.29. The summed E-state index contributed by atoms with van der Waals surface area (Å²) >= 11 is 0. The number of imide groups is 1. The van der Waals surface area contributed by atoms with Crippen molar-refractivity contribution < 1.29 is 19.2 Å². The standard InChI is InChI=1S/C11H15N5O4/c1-6(17)5-11-7(13-16(4)9(19)12-11)14(2)10(20)15(3)8(11)18/h5H2,1-4H3,(H,12,19)/t11-/m0/s1. The number of rotatable bonds is 2. The van der Waals surface area contributed by atoms with Crippen molar-refractivity contribution >= 4 is 29.6 Å². The minimum absolute atomic E-state index is 0.0444. The van der Waals surface area contributed by atoms with E-state index in [0.717, 1.165) is 14.8 Å². The highest BCUT2D eigenvalue weighted by atomic mass is 16.2. The molecule has 2 rings (SSSR count). The van der Waals surface area contributed by atoms with Gasteiger partial charge in [-0.1, -0.05) is 0 Å². The summed E-state index contributed by atoms with van der Waals surface area (Å²) in [5, 5.41) is 7.45. The molecule has 0 aromatic rings. The maximum absolute atomic E-state index is 12.4. The Morgan fingerprint density at radius 2 is 1.80 bits per heavy atom. The van der Waals surface area contributed by atoms with E-state index in [0.29, 0.717) is 0 Å². The number of carbonyl (C=O) groups is 4. The van der Waals surface area contributed by atoms with Crippen molar-refractivity contribution in [3.63, 3.8) is 0 Å². The second-order valence-corrected chi connectivity index (χ2v) is 4.87. The molecule has 108 valence electrons. The van der Waals surface area contributed by atoms with Crippen LogP contribution in [-0.2, 0) is 9.59 Å². The fourth-order valence-corrected chi connectivity index (χ4v) is 2.36. The van der Waals surface area contributed by atoms with Gasteiger partial charge in [0.2, 0.25) is 0 Å². The van der Waals surface area contributed by atoms with E-state index in [1.165, 1.54) is 28.1 Å². The minimum atomic E-state index is -1.62. The summed E-state index contributed by atoms with van der Waals surface area (Å²) in [5.41, 5.74) is -1.62. The molecule has 0 radical (unpaired) electrons. The zero-order valence-electron chi connectivity index (χ0n) is 11.6. The van der Waals surface area contributed by atoms with Gasteiger partial charge in [0.05, 0.1) is 0 Å². The molecule has 9 heteroatoms. The summed E-state index contributed by atoms with van der Waals surface area (Å²) in [5.74, 6) is -0.925. The van der Waals surface area contributed by atoms with Crippen LogP contribution < -0.4 is 5.32 Å². The van der Waals surface area contributed by atoms with Crippen molar-refractivity contribution in [3.05, 3.63) is 0 Å². The van der Waals surface area contributed by atoms with Gasteiger partial charge in [-0.05, 0) is 6.92 Å². The molecule has 0 aromatic carbocycles. The van der Waals surface area contributed by atoms with Gasteiger partial charge < -0.3 is 5.32 Å². The van der Waals surface area contributed by atoms with Crippen molar-refractivity contribution in [2.24, 2.45) is 5.10 Å². The number of hydrazone groups is 1. The van der Waals surface area contributed by atoms with Crippen LogP contribution in [0.4, 0.5) is 9.59 Å². The van der Waals surface area contributed by atoms with Crippen LogP contribution in [-0.4, -0.2) is 71.1 Å². The molecule has 0 bridgehead atoms. The molecular formula is C11H15N5O4. The topological polar surface area (TPSA) is 102 Å². The number of hydrogen-bond donors (Lipinski definition) is 1. The van der Waals surface area contributed by atoms with Gasteiger partial charge in [-0.15, -0.1) is 0 Å². The van der Waals surface area contributed by atoms with Gasteiger partial charge in [0.15, 0.2) is 11.4 Å². The maximum atomic E-state index is 12.4. The van der Waals surface area contributed by atoms with Gasteiger partial charge in [0, 0.05) is 27.6 Å². The van der Waals surface area contributed by atoms with E-state index in [2.05, 4.69) is 10.4 Å². The molecule has 2 aliphatic heterocycles. The SMILES string of the molecule is CC(=O)C[C@]12NC(=O)N(C)N=C1N(C)C(=O)N(C)C2=O. The molecule has 0 spiro atoms. The molecule has 2 heterocycles. The van der Waals surface area contributed by atoms with Crippen molar-refractivity contribution in [1.82, 2.24) is 20.1 Å². The molecular weight excluding hydrogens is 266 g/mol. The Labute approximate surface area is 115 Å². The third kappa shape index (κ3) is 1.74. The Balaban J connectivity index is 2.63. The number of ketones is 1. The highest BCUT2D eigenvalue weighted by molar-refractivity contribution is 6.26. The molecule has 1 fully saturated rings. The number of amides is 5. The molecule has 2 aliphatic rings. The average molecular weight is 281 g/mol. The first-order valence-corrected chi connectivity index (χ1v) is 5.91. The van der Waals surface area contributed by atoms with E-state index in [9.17, 15) is 19.2 Å². The average Bonchev–Trinajstić information content (AvgIpc) is 2.37. The molecule has 1 saturated heterocycles. The quantitative estimate of drug-likeness (QED) is 0.715. The van der Waals surface area contributed by atoms with E-state index in [1.54, 1.807) is 0 Å². The van der Waals surface area contributed by atoms with E-state index >= 15 is 0 Å². The fourth-order valence-electron chi connectivity index (χ4n) is 2.36. The largest absolute Gasteiger partial charge is 0.338 e. The number of hydrogen-bond acceptors (Lipinski definition) is 5. The van der Waals surface area contributed by atoms with Crippen LogP contribution in [0, 0.1) is 0 Å². The Bertz CT molecular complexity index is 557. The lowest BCUT2D eigenvalue weighted by Gasteiger charge is -2.46. The van der Waals surface area contributed by atoms with E-state index in [4.69, 9.17) is 0 Å². The van der Waals surface area contributed by atoms with Gasteiger partial charge in [0.25, 0.3) is 5.91 Å². The molecule has 1 atom stereocenters. The Hall–Kier alpha value is -2.45. The highest BCUT2D eigenvalue weighted by Gasteiger charge is 2.57. The summed E-state index contributed by atoms with van der Waals surface area (Å²) in [6.07, 6.45) is -0.258. The Kier molecular flexibility index (Phi) is 2.99. The summed E-state index contributed by atoms with van der Waals surface area (Å²) < 4.78 is 0. The maximum Gasteiger partial charge on any atom is 0.338 e. The van der Waals surface area contributed by atoms with Gasteiger partial charge in [0.1, 0.15) is 5.78 Å². The normalized spacial score (nSPS) is 26.3. The predicted octanol–water partition coefficient (Wildman–Crippen LogP) is -0.803. The Morgan fingerprint density at radius 3 is 2.35 bits per heavy atom. The zero-order valence-corrected chi connectivity index (χ0v) is 11.6. The van der Waals surface area contributed by atoms with E-state index < -0.39 is 23.5 Å². The predicted molar refractivity (Wildman–Crippen MR) is 67.7 cm³/mol. The first-order valence-electron chi connectivity index (χ1n) is 5.91. The summed E-state index contributed by atoms with van der Waals surface area (Å²) in [6, 6.07) is -1.18. The van der Waals surface area contributed by atoms with Crippen LogP contribution in [0.2, 0.25) is 0 Å². The summed E-state index contributed by atoms with van der Waals surface area (Å²) in [7, 11) is 4.12. The van der Waals surface area contributed by atoms with Crippen molar-refractivity contribution in [1.29, 1.82) is 0 Å². The van der Waals surface area contributed by atoms with Gasteiger partial charge in [-0.25, -0.2) is 14.6 Å². The van der Waals surface area contributed by atoms with Gasteiger partial charge in [-0.3, -0.25) is 19.4 Å². The van der Waals surface area contributed by atoms with Crippen LogP contribution in [0.15, 0.2) is 5.10 Å². The molecule has 9 nitrogen and oxygen atoms in total. The Morgan fingerprint density at radius 1 is 1.20 bits per heavy atom. The van der Waals surface area contributed by atoms with Crippen LogP contribution in [0.5, 0.6) is 0 Å². The first kappa shape index (κ1) is 14.0. The van der Waals surface area contributed by atoms with Crippen LogP contribution >= 0.6 is 0 Å². The van der Waals surface area contributed by atoms with Crippen molar-refractivity contribution in [3.8, 4) is 0 Å². The molecule has 0 unspecified atom stereocenters. The number of nitrogens with zero attached hydrogens (tertiary/aromatic N) is 4. The third-order valence-electron chi connectivity index (χ3n) is 3.32. The van der Waals surface area contributed by atoms with Gasteiger partial charge >= 0.3 is 12.1 Å². The molecule has 0 saturated carbocycles. The van der Waals surface area contributed by atoms with Crippen molar-refractivity contribution in [2.45, 2.75) is 18.9 Å². The third-order valence-corrected chi connectivity index (χ3v) is 3.32.